The molecule has 1 aromatic carbocycles. The van der Waals surface area contributed by atoms with E-state index in [4.69, 9.17) is 16.2 Å². The molecule has 0 spiro atoms. The highest BCUT2D eigenvalue weighted by Gasteiger charge is 2.07. The van der Waals surface area contributed by atoms with Crippen LogP contribution in [0.3, 0.4) is 0 Å². The molecule has 4 nitrogen and oxygen atoms in total. The zero-order chi connectivity index (χ0) is 13.5. The van der Waals surface area contributed by atoms with Gasteiger partial charge in [0.05, 0.1) is 0 Å². The smallest absolute Gasteiger partial charge is 0.128 e. The molecule has 0 unspecified atom stereocenters. The Morgan fingerprint density at radius 2 is 2.00 bits per heavy atom. The molecular weight excluding hydrogens is 231 g/mol. The molecule has 1 aromatic rings. The lowest BCUT2D eigenvalue weighted by molar-refractivity contribution is 0.606. The molecule has 0 aliphatic carbocycles. The van der Waals surface area contributed by atoms with Crippen molar-refractivity contribution in [1.82, 2.24) is 5.32 Å². The fourth-order valence-corrected chi connectivity index (χ4v) is 1.40. The molecule has 0 bridgehead atoms. The van der Waals surface area contributed by atoms with Gasteiger partial charge in [0.2, 0.25) is 0 Å². The monoisotopic (exact) mass is 246 g/mol. The summed E-state index contributed by atoms with van der Waals surface area (Å²) in [4.78, 5) is 0. The van der Waals surface area contributed by atoms with E-state index in [0.717, 1.165) is 6.21 Å². The molecule has 94 valence electrons. The van der Waals surface area contributed by atoms with Crippen molar-refractivity contribution in [2.75, 3.05) is 0 Å². The van der Waals surface area contributed by atoms with Crippen LogP contribution in [0.25, 0.3) is 0 Å². The Labute approximate surface area is 105 Å². The minimum Gasteiger partial charge on any atom is -0.366 e. The summed E-state index contributed by atoms with van der Waals surface area (Å²) in [5, 5.41) is 24.9. The van der Waals surface area contributed by atoms with Gasteiger partial charge >= 0.3 is 0 Å². The van der Waals surface area contributed by atoms with Crippen LogP contribution in [0.15, 0.2) is 35.9 Å². The molecule has 4 N–H and O–H groups in total. The van der Waals surface area contributed by atoms with Crippen LogP contribution in [-0.2, 0) is 6.54 Å². The van der Waals surface area contributed by atoms with Crippen molar-refractivity contribution in [2.45, 2.75) is 13.5 Å². The predicted molar refractivity (Wildman–Crippen MR) is 71.2 cm³/mol. The van der Waals surface area contributed by atoms with Gasteiger partial charge in [-0.25, -0.2) is 4.39 Å². The molecule has 0 atom stereocenters. The normalized spacial score (nSPS) is 10.9. The standard InChI is InChI=1S/C13H15FN4/c1-9(16)11(6-7-15)13(17)18-8-10-4-2-3-5-12(10)14/h2-7,15-16H,8H2,1H3,(H2,17,18)/b11-6-,15-7?,16-9?. The summed E-state index contributed by atoms with van der Waals surface area (Å²) in [7, 11) is 0. The lowest BCUT2D eigenvalue weighted by Crippen LogP contribution is -2.27. The highest BCUT2D eigenvalue weighted by Crippen LogP contribution is 2.06. The number of rotatable bonds is 5. The molecule has 0 fully saturated rings. The Morgan fingerprint density at radius 3 is 2.56 bits per heavy atom. The van der Waals surface area contributed by atoms with Crippen molar-refractivity contribution in [3.05, 3.63) is 47.3 Å². The van der Waals surface area contributed by atoms with Crippen molar-refractivity contribution in [3.8, 4) is 0 Å². The molecule has 0 radical (unpaired) electrons. The Kier molecular flexibility index (Phi) is 4.92. The first-order valence-electron chi connectivity index (χ1n) is 5.38. The van der Waals surface area contributed by atoms with Gasteiger partial charge in [0.25, 0.3) is 0 Å². The van der Waals surface area contributed by atoms with Crippen molar-refractivity contribution in [3.63, 3.8) is 0 Å². The zero-order valence-corrected chi connectivity index (χ0v) is 10.0. The summed E-state index contributed by atoms with van der Waals surface area (Å²) in [6, 6.07) is 6.32. The molecule has 0 saturated carbocycles. The van der Waals surface area contributed by atoms with Crippen LogP contribution in [0.2, 0.25) is 0 Å². The number of hydrogen-bond donors (Lipinski definition) is 4. The Morgan fingerprint density at radius 1 is 1.33 bits per heavy atom. The first-order valence-corrected chi connectivity index (χ1v) is 5.38. The van der Waals surface area contributed by atoms with Gasteiger partial charge in [0, 0.05) is 29.6 Å². The first kappa shape index (κ1) is 13.8. The van der Waals surface area contributed by atoms with E-state index in [2.05, 4.69) is 5.32 Å². The predicted octanol–water partition coefficient (Wildman–Crippen LogP) is 2.51. The summed E-state index contributed by atoms with van der Waals surface area (Å²) < 4.78 is 13.3. The van der Waals surface area contributed by atoms with E-state index in [-0.39, 0.29) is 23.9 Å². The maximum absolute atomic E-state index is 13.3. The fourth-order valence-electron chi connectivity index (χ4n) is 1.40. The first-order chi connectivity index (χ1) is 8.56. The summed E-state index contributed by atoms with van der Waals surface area (Å²) in [5.41, 5.74) is 0.963. The largest absolute Gasteiger partial charge is 0.366 e. The van der Waals surface area contributed by atoms with Crippen LogP contribution in [0.1, 0.15) is 12.5 Å². The highest BCUT2D eigenvalue weighted by molar-refractivity contribution is 6.22. The lowest BCUT2D eigenvalue weighted by atomic mass is 10.1. The third kappa shape index (κ3) is 3.62. The van der Waals surface area contributed by atoms with Crippen LogP contribution >= 0.6 is 0 Å². The molecule has 0 aromatic heterocycles. The third-order valence-electron chi connectivity index (χ3n) is 2.34. The van der Waals surface area contributed by atoms with E-state index in [1.54, 1.807) is 18.2 Å². The van der Waals surface area contributed by atoms with Crippen LogP contribution in [0.5, 0.6) is 0 Å². The summed E-state index contributed by atoms with van der Waals surface area (Å²) >= 11 is 0. The average Bonchev–Trinajstić information content (AvgIpc) is 2.34. The molecule has 0 heterocycles. The molecular formula is C13H15FN4. The summed E-state index contributed by atoms with van der Waals surface area (Å²) in [6.07, 6.45) is 2.38. The van der Waals surface area contributed by atoms with Crippen molar-refractivity contribution in [1.29, 1.82) is 16.2 Å². The Balaban J connectivity index is 2.72. The second kappa shape index (κ2) is 6.44. The van der Waals surface area contributed by atoms with Crippen molar-refractivity contribution >= 4 is 17.8 Å². The van der Waals surface area contributed by atoms with Crippen LogP contribution in [-0.4, -0.2) is 17.8 Å². The number of benzene rings is 1. The number of amidine groups is 1. The maximum atomic E-state index is 13.3. The van der Waals surface area contributed by atoms with E-state index in [1.807, 2.05) is 0 Å². The molecule has 18 heavy (non-hydrogen) atoms. The zero-order valence-electron chi connectivity index (χ0n) is 10.0. The van der Waals surface area contributed by atoms with Gasteiger partial charge in [-0.05, 0) is 19.1 Å². The van der Waals surface area contributed by atoms with Gasteiger partial charge in [0.1, 0.15) is 11.7 Å². The molecule has 0 aliphatic rings. The van der Waals surface area contributed by atoms with E-state index in [9.17, 15) is 4.39 Å². The molecule has 0 saturated heterocycles. The number of allylic oxidation sites excluding steroid dienone is 1. The summed E-state index contributed by atoms with van der Waals surface area (Å²) in [6.45, 7) is 1.71. The maximum Gasteiger partial charge on any atom is 0.128 e. The minimum absolute atomic E-state index is 0.00857. The second-order valence-electron chi connectivity index (χ2n) is 3.69. The van der Waals surface area contributed by atoms with Gasteiger partial charge in [-0.3, -0.25) is 5.41 Å². The van der Waals surface area contributed by atoms with E-state index in [0.29, 0.717) is 11.1 Å². The number of hydrogen-bond acceptors (Lipinski definition) is 3. The van der Waals surface area contributed by atoms with Gasteiger partial charge < -0.3 is 16.1 Å². The van der Waals surface area contributed by atoms with Crippen molar-refractivity contribution in [2.24, 2.45) is 0 Å². The van der Waals surface area contributed by atoms with E-state index >= 15 is 0 Å². The molecule has 0 aliphatic heterocycles. The summed E-state index contributed by atoms with van der Waals surface area (Å²) in [5.74, 6) is -0.323. The number of halogens is 1. The molecule has 1 rings (SSSR count). The van der Waals surface area contributed by atoms with Gasteiger partial charge in [0.15, 0.2) is 0 Å². The average molecular weight is 246 g/mol. The molecule has 0 amide bonds. The Hall–Kier alpha value is -2.30. The van der Waals surface area contributed by atoms with Gasteiger partial charge in [-0.1, -0.05) is 18.2 Å². The van der Waals surface area contributed by atoms with E-state index < -0.39 is 0 Å². The number of nitrogens with one attached hydrogen (secondary N) is 4. The molecule has 5 heteroatoms. The quantitative estimate of drug-likeness (QED) is 0.467. The lowest BCUT2D eigenvalue weighted by Gasteiger charge is -2.10. The van der Waals surface area contributed by atoms with Crippen LogP contribution < -0.4 is 5.32 Å². The highest BCUT2D eigenvalue weighted by atomic mass is 19.1. The van der Waals surface area contributed by atoms with Gasteiger partial charge in [-0.2, -0.15) is 0 Å². The third-order valence-corrected chi connectivity index (χ3v) is 2.34. The topological polar surface area (TPSA) is 83.6 Å². The van der Waals surface area contributed by atoms with Crippen LogP contribution in [0.4, 0.5) is 4.39 Å². The van der Waals surface area contributed by atoms with Crippen molar-refractivity contribution < 1.29 is 4.39 Å². The van der Waals surface area contributed by atoms with E-state index in [1.165, 1.54) is 19.1 Å². The minimum atomic E-state index is -0.332. The SMILES string of the molecule is CC(=N)/C(=C/C=N)C(=N)NCc1ccccc1F. The van der Waals surface area contributed by atoms with Crippen LogP contribution in [0, 0.1) is 22.0 Å². The second-order valence-corrected chi connectivity index (χ2v) is 3.69. The van der Waals surface area contributed by atoms with Gasteiger partial charge in [-0.15, -0.1) is 0 Å². The fraction of sp³-hybridized carbons (Fsp3) is 0.154. The Bertz CT molecular complexity index is 505.